The van der Waals surface area contributed by atoms with Gasteiger partial charge in [-0.05, 0) is 39.5 Å². The van der Waals surface area contributed by atoms with Crippen LogP contribution in [0, 0.1) is 23.2 Å². The number of ether oxygens (including phenoxy) is 1. The van der Waals surface area contributed by atoms with Crippen molar-refractivity contribution in [3.8, 4) is 6.07 Å². The standard InChI is InChI=1S/C15H27N3O2/c1-10(2)12(13(8-16)18-11-6-7-11)9-17-14(19)20-15(3,4)5/h10-13,18H,6-7,9H2,1-5H3,(H,17,19). The van der Waals surface area contributed by atoms with Crippen molar-refractivity contribution in [3.63, 3.8) is 0 Å². The summed E-state index contributed by atoms with van der Waals surface area (Å²) in [6.45, 7) is 10.1. The van der Waals surface area contributed by atoms with Crippen molar-refractivity contribution < 1.29 is 9.53 Å². The van der Waals surface area contributed by atoms with Crippen molar-refractivity contribution in [3.05, 3.63) is 0 Å². The van der Waals surface area contributed by atoms with E-state index < -0.39 is 11.7 Å². The van der Waals surface area contributed by atoms with E-state index in [2.05, 4.69) is 30.6 Å². The van der Waals surface area contributed by atoms with Crippen LogP contribution in [-0.2, 0) is 4.74 Å². The highest BCUT2D eigenvalue weighted by molar-refractivity contribution is 5.67. The SMILES string of the molecule is CC(C)C(CNC(=O)OC(C)(C)C)C(C#N)NC1CC1. The first-order valence-electron chi connectivity index (χ1n) is 7.35. The highest BCUT2D eigenvalue weighted by atomic mass is 16.6. The Balaban J connectivity index is 2.49. The van der Waals surface area contributed by atoms with Gasteiger partial charge in [-0.25, -0.2) is 4.79 Å². The van der Waals surface area contributed by atoms with Gasteiger partial charge >= 0.3 is 6.09 Å². The number of nitrogens with one attached hydrogen (secondary N) is 2. The minimum absolute atomic E-state index is 0.0770. The Morgan fingerprint density at radius 1 is 1.40 bits per heavy atom. The number of nitrogens with zero attached hydrogens (tertiary/aromatic N) is 1. The van der Waals surface area contributed by atoms with Crippen LogP contribution in [0.1, 0.15) is 47.5 Å². The van der Waals surface area contributed by atoms with Gasteiger partial charge < -0.3 is 10.1 Å². The minimum atomic E-state index is -0.502. The lowest BCUT2D eigenvalue weighted by Gasteiger charge is -2.27. The second kappa shape index (κ2) is 6.94. The van der Waals surface area contributed by atoms with Crippen molar-refractivity contribution >= 4 is 6.09 Å². The highest BCUT2D eigenvalue weighted by Gasteiger charge is 2.31. The molecule has 0 aliphatic heterocycles. The largest absolute Gasteiger partial charge is 0.444 e. The molecule has 0 spiro atoms. The van der Waals surface area contributed by atoms with E-state index >= 15 is 0 Å². The van der Waals surface area contributed by atoms with Gasteiger partial charge in [0.25, 0.3) is 0 Å². The van der Waals surface area contributed by atoms with Gasteiger partial charge in [0.2, 0.25) is 0 Å². The number of nitriles is 1. The molecule has 1 rings (SSSR count). The highest BCUT2D eigenvalue weighted by Crippen LogP contribution is 2.23. The van der Waals surface area contributed by atoms with E-state index in [0.29, 0.717) is 18.5 Å². The molecule has 0 aromatic rings. The lowest BCUT2D eigenvalue weighted by Crippen LogP contribution is -2.45. The van der Waals surface area contributed by atoms with Crippen LogP contribution in [-0.4, -0.2) is 30.3 Å². The van der Waals surface area contributed by atoms with Gasteiger partial charge in [0.15, 0.2) is 0 Å². The Kier molecular flexibility index (Phi) is 5.82. The van der Waals surface area contributed by atoms with Crippen LogP contribution in [0.15, 0.2) is 0 Å². The molecule has 0 aromatic heterocycles. The first-order valence-corrected chi connectivity index (χ1v) is 7.35. The van der Waals surface area contributed by atoms with Crippen LogP contribution in [0.4, 0.5) is 4.79 Å². The summed E-state index contributed by atoms with van der Waals surface area (Å²) < 4.78 is 5.22. The van der Waals surface area contributed by atoms with Crippen molar-refractivity contribution in [1.82, 2.24) is 10.6 Å². The van der Waals surface area contributed by atoms with Crippen molar-refractivity contribution in [2.24, 2.45) is 11.8 Å². The van der Waals surface area contributed by atoms with Gasteiger partial charge in [0, 0.05) is 18.5 Å². The van der Waals surface area contributed by atoms with Crippen LogP contribution in [0.5, 0.6) is 0 Å². The molecule has 2 unspecified atom stereocenters. The third-order valence-corrected chi connectivity index (χ3v) is 3.30. The molecule has 20 heavy (non-hydrogen) atoms. The van der Waals surface area contributed by atoms with Gasteiger partial charge in [-0.3, -0.25) is 5.32 Å². The summed E-state index contributed by atoms with van der Waals surface area (Å²) in [6.07, 6.45) is 1.86. The predicted molar refractivity (Wildman–Crippen MR) is 78.1 cm³/mol. The monoisotopic (exact) mass is 281 g/mol. The second-order valence-corrected chi connectivity index (χ2v) is 6.84. The van der Waals surface area contributed by atoms with Crippen LogP contribution >= 0.6 is 0 Å². The molecule has 0 saturated heterocycles. The maximum Gasteiger partial charge on any atom is 0.407 e. The van der Waals surface area contributed by atoms with Crippen LogP contribution < -0.4 is 10.6 Å². The molecule has 1 saturated carbocycles. The van der Waals surface area contributed by atoms with E-state index in [1.54, 1.807) is 0 Å². The molecule has 0 aromatic carbocycles. The van der Waals surface area contributed by atoms with Gasteiger partial charge in [0.05, 0.1) is 6.07 Å². The molecule has 1 aliphatic carbocycles. The zero-order valence-electron chi connectivity index (χ0n) is 13.2. The summed E-state index contributed by atoms with van der Waals surface area (Å²) in [5, 5.41) is 15.4. The molecule has 0 heterocycles. The molecule has 1 amide bonds. The normalized spacial score (nSPS) is 18.2. The zero-order valence-corrected chi connectivity index (χ0v) is 13.2. The lowest BCUT2D eigenvalue weighted by molar-refractivity contribution is 0.0512. The summed E-state index contributed by atoms with van der Waals surface area (Å²) in [5.41, 5.74) is -0.502. The third-order valence-electron chi connectivity index (χ3n) is 3.30. The molecule has 1 fully saturated rings. The fraction of sp³-hybridized carbons (Fsp3) is 0.867. The van der Waals surface area contributed by atoms with Crippen LogP contribution in [0.2, 0.25) is 0 Å². The number of hydrogen-bond donors (Lipinski definition) is 2. The Bertz CT molecular complexity index is 364. The maximum absolute atomic E-state index is 11.7. The Morgan fingerprint density at radius 2 is 2.00 bits per heavy atom. The maximum atomic E-state index is 11.7. The van der Waals surface area contributed by atoms with Gasteiger partial charge in [0.1, 0.15) is 11.6 Å². The summed E-state index contributed by atoms with van der Waals surface area (Å²) in [5.74, 6) is 0.383. The number of rotatable bonds is 6. The van der Waals surface area contributed by atoms with E-state index in [1.165, 1.54) is 0 Å². The lowest BCUT2D eigenvalue weighted by atomic mass is 9.89. The van der Waals surface area contributed by atoms with Crippen molar-refractivity contribution in [2.45, 2.75) is 65.1 Å². The van der Waals surface area contributed by atoms with E-state index in [0.717, 1.165) is 12.8 Å². The Hall–Kier alpha value is -1.28. The van der Waals surface area contributed by atoms with Gasteiger partial charge in [-0.1, -0.05) is 13.8 Å². The Morgan fingerprint density at radius 3 is 2.40 bits per heavy atom. The van der Waals surface area contributed by atoms with Gasteiger partial charge in [-0.2, -0.15) is 5.26 Å². The zero-order chi connectivity index (χ0) is 15.3. The Labute approximate surface area is 122 Å². The molecule has 114 valence electrons. The molecule has 1 aliphatic rings. The van der Waals surface area contributed by atoms with E-state index in [1.807, 2.05) is 20.8 Å². The van der Waals surface area contributed by atoms with Crippen molar-refractivity contribution in [2.75, 3.05) is 6.54 Å². The molecule has 5 heteroatoms. The first-order chi connectivity index (χ1) is 9.23. The average molecular weight is 281 g/mol. The number of carbonyl (C=O) groups excluding carboxylic acids is 1. The van der Waals surface area contributed by atoms with E-state index in [9.17, 15) is 10.1 Å². The second-order valence-electron chi connectivity index (χ2n) is 6.84. The molecule has 0 radical (unpaired) electrons. The number of amides is 1. The summed E-state index contributed by atoms with van der Waals surface area (Å²) >= 11 is 0. The van der Waals surface area contributed by atoms with Gasteiger partial charge in [-0.15, -0.1) is 0 Å². The summed E-state index contributed by atoms with van der Waals surface area (Å²) in [4.78, 5) is 11.7. The number of hydrogen-bond acceptors (Lipinski definition) is 4. The third kappa shape index (κ3) is 6.25. The summed E-state index contributed by atoms with van der Waals surface area (Å²) in [6, 6.07) is 2.57. The molecule has 5 nitrogen and oxygen atoms in total. The average Bonchev–Trinajstić information content (AvgIpc) is 3.08. The number of carbonyl (C=O) groups is 1. The molecule has 0 bridgehead atoms. The molecular formula is C15H27N3O2. The smallest absolute Gasteiger partial charge is 0.407 e. The topological polar surface area (TPSA) is 74.1 Å². The molecule has 2 atom stereocenters. The van der Waals surface area contributed by atoms with Crippen LogP contribution in [0.3, 0.4) is 0 Å². The molecule has 2 N–H and O–H groups in total. The van der Waals surface area contributed by atoms with Crippen LogP contribution in [0.25, 0.3) is 0 Å². The van der Waals surface area contributed by atoms with E-state index in [-0.39, 0.29) is 12.0 Å². The van der Waals surface area contributed by atoms with E-state index in [4.69, 9.17) is 4.74 Å². The quantitative estimate of drug-likeness (QED) is 0.784. The van der Waals surface area contributed by atoms with Crippen molar-refractivity contribution in [1.29, 1.82) is 5.26 Å². The summed E-state index contributed by atoms with van der Waals surface area (Å²) in [7, 11) is 0. The fourth-order valence-electron chi connectivity index (χ4n) is 2.01. The minimum Gasteiger partial charge on any atom is -0.444 e. The fourth-order valence-corrected chi connectivity index (χ4v) is 2.01. The molecular weight excluding hydrogens is 254 g/mol. The first kappa shape index (κ1) is 16.8. The number of alkyl carbamates (subject to hydrolysis) is 1. The predicted octanol–water partition coefficient (Wildman–Crippen LogP) is 2.43.